The van der Waals surface area contributed by atoms with Crippen molar-refractivity contribution in [2.24, 2.45) is 0 Å². The van der Waals surface area contributed by atoms with Crippen LogP contribution < -0.4 is 9.47 Å². The van der Waals surface area contributed by atoms with Gasteiger partial charge in [0.15, 0.2) is 11.5 Å². The normalized spacial score (nSPS) is 19.2. The molecular weight excluding hydrogens is 294 g/mol. The minimum absolute atomic E-state index is 0.0869. The van der Waals surface area contributed by atoms with Gasteiger partial charge in [-0.15, -0.1) is 0 Å². The Bertz CT molecular complexity index is 687. The molecule has 0 aromatic heterocycles. The van der Waals surface area contributed by atoms with E-state index in [9.17, 15) is 10.1 Å². The van der Waals surface area contributed by atoms with Crippen LogP contribution in [0.4, 0.5) is 0 Å². The highest BCUT2D eigenvalue weighted by atomic mass is 16.6. The molecule has 0 radical (unpaired) electrons. The summed E-state index contributed by atoms with van der Waals surface area (Å²) in [7, 11) is 0. The van der Waals surface area contributed by atoms with Gasteiger partial charge in [0.1, 0.15) is 6.61 Å². The average Bonchev–Trinajstić information content (AvgIpc) is 3.35. The van der Waals surface area contributed by atoms with Gasteiger partial charge in [-0.1, -0.05) is 42.5 Å². The number of hydrogen-bond donors (Lipinski definition) is 0. The minimum atomic E-state index is -0.508. The third-order valence-corrected chi connectivity index (χ3v) is 3.96. The Hall–Kier alpha value is -2.56. The quantitative estimate of drug-likeness (QED) is 0.576. The zero-order valence-electron chi connectivity index (χ0n) is 13.0. The van der Waals surface area contributed by atoms with Crippen LogP contribution in [-0.4, -0.2) is 17.6 Å². The van der Waals surface area contributed by atoms with Gasteiger partial charge in [0.05, 0.1) is 12.5 Å². The Balaban J connectivity index is 1.84. The number of nitrogens with zero attached hydrogens (tertiary/aromatic N) is 1. The van der Waals surface area contributed by atoms with E-state index in [1.807, 2.05) is 55.5 Å². The smallest absolute Gasteiger partial charge is 0.221 e. The summed E-state index contributed by atoms with van der Waals surface area (Å²) < 4.78 is 11.6. The van der Waals surface area contributed by atoms with E-state index in [1.54, 1.807) is 0 Å². The van der Waals surface area contributed by atoms with Gasteiger partial charge in [-0.2, -0.15) is 0 Å². The highest BCUT2D eigenvalue weighted by molar-refractivity contribution is 5.50. The van der Waals surface area contributed by atoms with Crippen molar-refractivity contribution in [1.82, 2.24) is 0 Å². The van der Waals surface area contributed by atoms with Crippen LogP contribution in [0, 0.1) is 10.1 Å². The Morgan fingerprint density at radius 2 is 1.91 bits per heavy atom. The number of para-hydroxylation sites is 1. The molecule has 0 saturated heterocycles. The fourth-order valence-electron chi connectivity index (χ4n) is 2.73. The molecule has 2 aromatic rings. The summed E-state index contributed by atoms with van der Waals surface area (Å²) in [6.07, 6.45) is 0.560. The lowest BCUT2D eigenvalue weighted by Crippen LogP contribution is -2.06. The zero-order chi connectivity index (χ0) is 16.2. The van der Waals surface area contributed by atoms with Crippen molar-refractivity contribution < 1.29 is 14.4 Å². The van der Waals surface area contributed by atoms with Gasteiger partial charge in [-0.25, -0.2) is 0 Å². The van der Waals surface area contributed by atoms with Crippen molar-refractivity contribution in [1.29, 1.82) is 0 Å². The van der Waals surface area contributed by atoms with Crippen LogP contribution >= 0.6 is 0 Å². The van der Waals surface area contributed by atoms with E-state index >= 15 is 0 Å². The summed E-state index contributed by atoms with van der Waals surface area (Å²) in [5.41, 5.74) is 1.92. The van der Waals surface area contributed by atoms with Crippen molar-refractivity contribution >= 4 is 0 Å². The Morgan fingerprint density at radius 3 is 2.57 bits per heavy atom. The van der Waals surface area contributed by atoms with E-state index < -0.39 is 6.04 Å². The fraction of sp³-hybridized carbons (Fsp3) is 0.333. The lowest BCUT2D eigenvalue weighted by atomic mass is 10.1. The van der Waals surface area contributed by atoms with Gasteiger partial charge in [0.2, 0.25) is 6.04 Å². The lowest BCUT2D eigenvalue weighted by Gasteiger charge is -2.15. The van der Waals surface area contributed by atoms with Gasteiger partial charge < -0.3 is 9.47 Å². The molecule has 0 amide bonds. The van der Waals surface area contributed by atoms with Crippen LogP contribution in [0.1, 0.15) is 30.4 Å². The Morgan fingerprint density at radius 1 is 1.13 bits per heavy atom. The van der Waals surface area contributed by atoms with Crippen molar-refractivity contribution in [3.63, 3.8) is 0 Å². The van der Waals surface area contributed by atoms with Gasteiger partial charge in [0, 0.05) is 16.9 Å². The second kappa shape index (κ2) is 6.69. The Kier molecular flexibility index (Phi) is 4.46. The van der Waals surface area contributed by atoms with Crippen LogP contribution in [0.15, 0.2) is 48.5 Å². The molecule has 5 heteroatoms. The van der Waals surface area contributed by atoms with Crippen LogP contribution in [-0.2, 0) is 6.61 Å². The second-order valence-corrected chi connectivity index (χ2v) is 5.58. The first-order chi connectivity index (χ1) is 11.2. The summed E-state index contributed by atoms with van der Waals surface area (Å²) in [5.74, 6) is 1.19. The predicted octanol–water partition coefficient (Wildman–Crippen LogP) is 3.80. The number of nitro groups is 1. The van der Waals surface area contributed by atoms with E-state index in [2.05, 4.69) is 0 Å². The monoisotopic (exact) mass is 313 g/mol. The van der Waals surface area contributed by atoms with E-state index in [0.717, 1.165) is 11.1 Å². The first-order valence-corrected chi connectivity index (χ1v) is 7.76. The highest BCUT2D eigenvalue weighted by Gasteiger charge is 2.50. The topological polar surface area (TPSA) is 61.6 Å². The average molecular weight is 313 g/mol. The third-order valence-electron chi connectivity index (χ3n) is 3.96. The molecular formula is C18H19NO4. The predicted molar refractivity (Wildman–Crippen MR) is 86.5 cm³/mol. The summed E-state index contributed by atoms with van der Waals surface area (Å²) in [6.45, 7) is 2.84. The SMILES string of the molecule is CCOc1cccc([C@@H]2C[C@H]2[N+](=O)[O-])c1OCc1ccccc1. The van der Waals surface area contributed by atoms with Crippen LogP contribution in [0.3, 0.4) is 0 Å². The molecule has 2 atom stereocenters. The summed E-state index contributed by atoms with van der Waals surface area (Å²) in [4.78, 5) is 10.8. The largest absolute Gasteiger partial charge is 0.490 e. The van der Waals surface area contributed by atoms with Crippen molar-refractivity contribution in [3.8, 4) is 11.5 Å². The van der Waals surface area contributed by atoms with Crippen molar-refractivity contribution in [3.05, 3.63) is 69.8 Å². The molecule has 1 aliphatic carbocycles. The molecule has 0 heterocycles. The van der Waals surface area contributed by atoms with Crippen LogP contribution in [0.5, 0.6) is 11.5 Å². The maximum absolute atomic E-state index is 11.0. The molecule has 120 valence electrons. The third kappa shape index (κ3) is 3.44. The number of hydrogen-bond acceptors (Lipinski definition) is 4. The van der Waals surface area contributed by atoms with E-state index in [4.69, 9.17) is 9.47 Å². The minimum Gasteiger partial charge on any atom is -0.490 e. The first-order valence-electron chi connectivity index (χ1n) is 7.76. The first kappa shape index (κ1) is 15.3. The molecule has 3 rings (SSSR count). The molecule has 2 aromatic carbocycles. The highest BCUT2D eigenvalue weighted by Crippen LogP contribution is 2.49. The van der Waals surface area contributed by atoms with Gasteiger partial charge in [-0.3, -0.25) is 10.1 Å². The maximum Gasteiger partial charge on any atom is 0.221 e. The van der Waals surface area contributed by atoms with Gasteiger partial charge in [0.25, 0.3) is 0 Å². The number of benzene rings is 2. The summed E-state index contributed by atoms with van der Waals surface area (Å²) in [6, 6.07) is 14.9. The lowest BCUT2D eigenvalue weighted by molar-refractivity contribution is -0.496. The van der Waals surface area contributed by atoms with Gasteiger partial charge >= 0.3 is 0 Å². The maximum atomic E-state index is 11.0. The van der Waals surface area contributed by atoms with E-state index in [1.165, 1.54) is 0 Å². The fourth-order valence-corrected chi connectivity index (χ4v) is 2.73. The standard InChI is InChI=1S/C18H19NO4/c1-2-22-17-10-6-9-14(15-11-16(15)19(20)21)18(17)23-12-13-7-4-3-5-8-13/h3-10,15-16H,2,11-12H2,1H3/t15-,16+/m0/s1. The van der Waals surface area contributed by atoms with Crippen molar-refractivity contribution in [2.45, 2.75) is 31.9 Å². The van der Waals surface area contributed by atoms with E-state index in [-0.39, 0.29) is 10.8 Å². The van der Waals surface area contributed by atoms with E-state index in [0.29, 0.717) is 31.1 Å². The number of ether oxygens (including phenoxy) is 2. The number of rotatable bonds is 7. The summed E-state index contributed by atoms with van der Waals surface area (Å²) in [5, 5.41) is 11.0. The molecule has 23 heavy (non-hydrogen) atoms. The molecule has 1 fully saturated rings. The summed E-state index contributed by atoms with van der Waals surface area (Å²) >= 11 is 0. The Labute approximate surface area is 135 Å². The molecule has 0 spiro atoms. The molecule has 0 unspecified atom stereocenters. The van der Waals surface area contributed by atoms with Crippen LogP contribution in [0.2, 0.25) is 0 Å². The molecule has 5 nitrogen and oxygen atoms in total. The van der Waals surface area contributed by atoms with Crippen LogP contribution in [0.25, 0.3) is 0 Å². The zero-order valence-corrected chi connectivity index (χ0v) is 13.0. The second-order valence-electron chi connectivity index (χ2n) is 5.58. The molecule has 1 saturated carbocycles. The van der Waals surface area contributed by atoms with Crippen molar-refractivity contribution in [2.75, 3.05) is 6.61 Å². The molecule has 0 aliphatic heterocycles. The molecule has 1 aliphatic rings. The molecule has 0 N–H and O–H groups in total. The van der Waals surface area contributed by atoms with Gasteiger partial charge in [-0.05, 0) is 18.6 Å². The molecule has 0 bridgehead atoms.